The number of imidazole rings is 1. The Labute approximate surface area is 125 Å². The van der Waals surface area contributed by atoms with Gasteiger partial charge in [-0.25, -0.2) is 4.98 Å². The van der Waals surface area contributed by atoms with Crippen molar-refractivity contribution in [3.05, 3.63) is 30.6 Å². The highest BCUT2D eigenvalue weighted by Gasteiger charge is 2.18. The van der Waals surface area contributed by atoms with Gasteiger partial charge in [-0.2, -0.15) is 0 Å². The molecule has 21 heavy (non-hydrogen) atoms. The first-order valence-electron chi connectivity index (χ1n) is 7.29. The molecule has 1 amide bonds. The lowest BCUT2D eigenvalue weighted by molar-refractivity contribution is -0.121. The Morgan fingerprint density at radius 1 is 1.38 bits per heavy atom. The largest absolute Gasteiger partial charge is 0.396 e. The van der Waals surface area contributed by atoms with Gasteiger partial charge in [0.2, 0.25) is 5.91 Å². The third kappa shape index (κ3) is 4.29. The Morgan fingerprint density at radius 3 is 2.90 bits per heavy atom. The number of nitrogens with zero attached hydrogens (tertiary/aromatic N) is 2. The van der Waals surface area contributed by atoms with Crippen molar-refractivity contribution in [2.45, 2.75) is 33.2 Å². The average molecular weight is 289 g/mol. The van der Waals surface area contributed by atoms with Gasteiger partial charge in [-0.3, -0.25) is 4.79 Å². The third-order valence-corrected chi connectivity index (χ3v) is 3.66. The molecule has 2 N–H and O–H groups in total. The van der Waals surface area contributed by atoms with Gasteiger partial charge in [0.15, 0.2) is 0 Å². The first-order chi connectivity index (χ1) is 10.0. The van der Waals surface area contributed by atoms with E-state index in [0.29, 0.717) is 25.9 Å². The molecule has 1 heterocycles. The fourth-order valence-corrected chi connectivity index (χ4v) is 2.23. The highest BCUT2D eigenvalue weighted by atomic mass is 16.3. The number of benzene rings is 1. The van der Waals surface area contributed by atoms with Crippen LogP contribution in [0, 0.1) is 5.41 Å². The van der Waals surface area contributed by atoms with Crippen molar-refractivity contribution < 1.29 is 9.90 Å². The molecule has 1 aromatic heterocycles. The summed E-state index contributed by atoms with van der Waals surface area (Å²) >= 11 is 0. The zero-order chi connectivity index (χ0) is 15.3. The van der Waals surface area contributed by atoms with Crippen molar-refractivity contribution in [3.63, 3.8) is 0 Å². The lowest BCUT2D eigenvalue weighted by Crippen LogP contribution is -2.34. The van der Waals surface area contributed by atoms with E-state index in [0.717, 1.165) is 11.0 Å². The normalized spacial score (nSPS) is 11.8. The molecule has 0 fully saturated rings. The van der Waals surface area contributed by atoms with E-state index in [4.69, 9.17) is 5.11 Å². The average Bonchev–Trinajstić information content (AvgIpc) is 2.86. The minimum atomic E-state index is -0.0773. The predicted molar refractivity (Wildman–Crippen MR) is 82.8 cm³/mol. The second kappa shape index (κ2) is 6.72. The van der Waals surface area contributed by atoms with Crippen molar-refractivity contribution >= 4 is 16.9 Å². The maximum atomic E-state index is 11.9. The molecule has 0 aliphatic heterocycles. The van der Waals surface area contributed by atoms with Crippen LogP contribution in [0.25, 0.3) is 11.0 Å². The highest BCUT2D eigenvalue weighted by Crippen LogP contribution is 2.18. The highest BCUT2D eigenvalue weighted by molar-refractivity contribution is 5.77. The number of aliphatic hydroxyl groups excluding tert-OH is 1. The lowest BCUT2D eigenvalue weighted by Gasteiger charge is -2.23. The van der Waals surface area contributed by atoms with Gasteiger partial charge in [-0.05, 0) is 24.0 Å². The van der Waals surface area contributed by atoms with E-state index in [2.05, 4.69) is 10.3 Å². The fourth-order valence-electron chi connectivity index (χ4n) is 2.23. The number of aryl methyl sites for hydroxylation is 1. The number of carbonyl (C=O) groups excluding carboxylic acids is 1. The Morgan fingerprint density at radius 2 is 2.14 bits per heavy atom. The Bertz CT molecular complexity index is 604. The van der Waals surface area contributed by atoms with Crippen LogP contribution in [0.4, 0.5) is 0 Å². The van der Waals surface area contributed by atoms with E-state index >= 15 is 0 Å². The number of hydrogen-bond acceptors (Lipinski definition) is 3. The third-order valence-electron chi connectivity index (χ3n) is 3.66. The summed E-state index contributed by atoms with van der Waals surface area (Å²) in [6.45, 7) is 5.41. The summed E-state index contributed by atoms with van der Waals surface area (Å²) in [6, 6.07) is 7.89. The van der Waals surface area contributed by atoms with Gasteiger partial charge in [-0.15, -0.1) is 0 Å². The fraction of sp³-hybridized carbons (Fsp3) is 0.500. The molecule has 0 atom stereocenters. The van der Waals surface area contributed by atoms with Gasteiger partial charge in [-0.1, -0.05) is 26.0 Å². The number of nitrogens with one attached hydrogen (secondary N) is 1. The number of hydrogen-bond donors (Lipinski definition) is 2. The van der Waals surface area contributed by atoms with Gasteiger partial charge in [0.1, 0.15) is 0 Å². The molecule has 2 aromatic rings. The first kappa shape index (κ1) is 15.5. The molecule has 0 saturated carbocycles. The zero-order valence-electron chi connectivity index (χ0n) is 12.7. The quantitative estimate of drug-likeness (QED) is 0.818. The van der Waals surface area contributed by atoms with Crippen LogP contribution in [0.15, 0.2) is 30.6 Å². The summed E-state index contributed by atoms with van der Waals surface area (Å²) in [6.07, 6.45) is 2.88. The van der Waals surface area contributed by atoms with Crippen LogP contribution in [0.1, 0.15) is 26.7 Å². The molecule has 0 aliphatic carbocycles. The summed E-state index contributed by atoms with van der Waals surface area (Å²) in [4.78, 5) is 16.2. The van der Waals surface area contributed by atoms with Crippen LogP contribution in [-0.4, -0.2) is 33.7 Å². The molecule has 1 aromatic carbocycles. The van der Waals surface area contributed by atoms with Crippen LogP contribution >= 0.6 is 0 Å². The molecule has 0 radical (unpaired) electrons. The van der Waals surface area contributed by atoms with Crippen molar-refractivity contribution in [2.24, 2.45) is 5.41 Å². The van der Waals surface area contributed by atoms with Crippen molar-refractivity contribution in [1.82, 2.24) is 14.9 Å². The summed E-state index contributed by atoms with van der Waals surface area (Å²) < 4.78 is 1.99. The number of rotatable bonds is 7. The zero-order valence-corrected chi connectivity index (χ0v) is 12.7. The number of aromatic nitrogens is 2. The molecule has 0 saturated heterocycles. The minimum absolute atomic E-state index is 0.0267. The molecule has 0 spiro atoms. The van der Waals surface area contributed by atoms with Crippen molar-refractivity contribution in [2.75, 3.05) is 13.2 Å². The van der Waals surface area contributed by atoms with Crippen LogP contribution in [0.5, 0.6) is 0 Å². The van der Waals surface area contributed by atoms with Gasteiger partial charge in [0.25, 0.3) is 0 Å². The van der Waals surface area contributed by atoms with E-state index < -0.39 is 0 Å². The molecule has 0 bridgehead atoms. The Kier molecular flexibility index (Phi) is 4.96. The number of aliphatic hydroxyl groups is 1. The molecule has 5 nitrogen and oxygen atoms in total. The molecular formula is C16H23N3O2. The summed E-state index contributed by atoms with van der Waals surface area (Å²) in [5, 5.41) is 11.9. The van der Waals surface area contributed by atoms with Crippen LogP contribution < -0.4 is 5.32 Å². The maximum Gasteiger partial charge on any atom is 0.221 e. The van der Waals surface area contributed by atoms with E-state index in [-0.39, 0.29) is 17.9 Å². The summed E-state index contributed by atoms with van der Waals surface area (Å²) in [7, 11) is 0. The predicted octanol–water partition coefficient (Wildman–Crippen LogP) is 1.95. The lowest BCUT2D eigenvalue weighted by atomic mass is 9.90. The molecule has 0 unspecified atom stereocenters. The monoisotopic (exact) mass is 289 g/mol. The van der Waals surface area contributed by atoms with E-state index in [1.54, 1.807) is 6.33 Å². The van der Waals surface area contributed by atoms with Crippen LogP contribution in [-0.2, 0) is 11.3 Å². The number of fused-ring (bicyclic) bond motifs is 1. The summed E-state index contributed by atoms with van der Waals surface area (Å²) in [5.41, 5.74) is 1.92. The van der Waals surface area contributed by atoms with E-state index in [9.17, 15) is 4.79 Å². The maximum absolute atomic E-state index is 11.9. The molecular weight excluding hydrogens is 266 g/mol. The minimum Gasteiger partial charge on any atom is -0.396 e. The SMILES string of the molecule is CC(C)(CCO)CNC(=O)CCn1cnc2ccccc21. The second-order valence-corrected chi connectivity index (χ2v) is 6.09. The van der Waals surface area contributed by atoms with Gasteiger partial charge >= 0.3 is 0 Å². The van der Waals surface area contributed by atoms with Crippen LogP contribution in [0.3, 0.4) is 0 Å². The number of para-hydroxylation sites is 2. The van der Waals surface area contributed by atoms with Crippen molar-refractivity contribution in [3.8, 4) is 0 Å². The van der Waals surface area contributed by atoms with Gasteiger partial charge < -0.3 is 15.0 Å². The van der Waals surface area contributed by atoms with Crippen molar-refractivity contribution in [1.29, 1.82) is 0 Å². The van der Waals surface area contributed by atoms with Crippen LogP contribution in [0.2, 0.25) is 0 Å². The standard InChI is InChI=1S/C16H23N3O2/c1-16(2,8-10-20)11-17-15(21)7-9-19-12-18-13-5-3-4-6-14(13)19/h3-6,12,20H,7-11H2,1-2H3,(H,17,21). The van der Waals surface area contributed by atoms with Gasteiger partial charge in [0.05, 0.1) is 17.4 Å². The molecule has 114 valence electrons. The number of carbonyl (C=O) groups is 1. The second-order valence-electron chi connectivity index (χ2n) is 6.09. The molecule has 0 aliphatic rings. The Balaban J connectivity index is 1.84. The molecule has 2 rings (SSSR count). The topological polar surface area (TPSA) is 67.2 Å². The van der Waals surface area contributed by atoms with Gasteiger partial charge in [0, 0.05) is 26.1 Å². The first-order valence-corrected chi connectivity index (χ1v) is 7.29. The summed E-state index contributed by atoms with van der Waals surface area (Å²) in [5.74, 6) is 0.0267. The smallest absolute Gasteiger partial charge is 0.221 e. The number of amides is 1. The Hall–Kier alpha value is -1.88. The van der Waals surface area contributed by atoms with E-state index in [1.807, 2.05) is 42.7 Å². The molecule has 5 heteroatoms. The van der Waals surface area contributed by atoms with E-state index in [1.165, 1.54) is 0 Å².